The number of hydrogen-bond donors (Lipinski definition) is 0. The van der Waals surface area contributed by atoms with E-state index in [0.717, 1.165) is 17.2 Å². The predicted molar refractivity (Wildman–Crippen MR) is 83.3 cm³/mol. The van der Waals surface area contributed by atoms with Crippen LogP contribution in [0.2, 0.25) is 0 Å². The lowest BCUT2D eigenvalue weighted by molar-refractivity contribution is -0.140. The fraction of sp³-hybridized carbons (Fsp3) is 0.588. The maximum Gasteiger partial charge on any atom is 0.331 e. The first-order chi connectivity index (χ1) is 10.4. The van der Waals surface area contributed by atoms with Gasteiger partial charge < -0.3 is 19.1 Å². The minimum atomic E-state index is -0.252. The fourth-order valence-corrected chi connectivity index (χ4v) is 3.99. The monoisotopic (exact) mass is 305 g/mol. The van der Waals surface area contributed by atoms with Gasteiger partial charge in [-0.2, -0.15) is 0 Å². The topological polar surface area (TPSA) is 47.8 Å². The fourth-order valence-electron chi connectivity index (χ4n) is 3.99. The van der Waals surface area contributed by atoms with Crippen molar-refractivity contribution in [2.45, 2.75) is 39.3 Å². The van der Waals surface area contributed by atoms with Gasteiger partial charge in [0.15, 0.2) is 17.5 Å². The van der Waals surface area contributed by atoms with Gasteiger partial charge in [-0.1, -0.05) is 27.7 Å². The standard InChI is InChI=1S/C17H23NO4/c1-10(2)17(11(3)4)15(16(19)20-5)18(17)12-6-7-13-14(8-12)22-9-21-13/h6-8,10-11,15H,9H2,1-5H3. The highest BCUT2D eigenvalue weighted by atomic mass is 16.7. The number of nitrogens with zero attached hydrogens (tertiary/aromatic N) is 1. The van der Waals surface area contributed by atoms with Crippen LogP contribution in [0.15, 0.2) is 18.2 Å². The third-order valence-corrected chi connectivity index (χ3v) is 4.95. The number of carbonyl (C=O) groups is 1. The van der Waals surface area contributed by atoms with E-state index < -0.39 is 0 Å². The van der Waals surface area contributed by atoms with Gasteiger partial charge in [0.1, 0.15) is 0 Å². The van der Waals surface area contributed by atoms with Gasteiger partial charge in [-0.05, 0) is 24.0 Å². The van der Waals surface area contributed by atoms with E-state index in [2.05, 4.69) is 32.6 Å². The van der Waals surface area contributed by atoms with E-state index in [9.17, 15) is 4.79 Å². The zero-order valence-electron chi connectivity index (χ0n) is 13.8. The quantitative estimate of drug-likeness (QED) is 0.632. The van der Waals surface area contributed by atoms with Gasteiger partial charge in [-0.15, -0.1) is 0 Å². The summed E-state index contributed by atoms with van der Waals surface area (Å²) in [6.45, 7) is 8.87. The van der Waals surface area contributed by atoms with Crippen molar-refractivity contribution < 1.29 is 19.0 Å². The Balaban J connectivity index is 2.02. The van der Waals surface area contributed by atoms with Crippen molar-refractivity contribution >= 4 is 11.7 Å². The van der Waals surface area contributed by atoms with Crippen LogP contribution in [0.4, 0.5) is 5.69 Å². The molecule has 0 aliphatic carbocycles. The van der Waals surface area contributed by atoms with E-state index in [1.165, 1.54) is 7.11 Å². The third-order valence-electron chi connectivity index (χ3n) is 4.95. The van der Waals surface area contributed by atoms with Gasteiger partial charge in [0, 0.05) is 11.8 Å². The van der Waals surface area contributed by atoms with E-state index >= 15 is 0 Å². The van der Waals surface area contributed by atoms with Crippen molar-refractivity contribution in [3.8, 4) is 11.5 Å². The Bertz CT molecular complexity index is 588. The molecule has 2 aliphatic rings. The van der Waals surface area contributed by atoms with E-state index in [1.807, 2.05) is 18.2 Å². The Morgan fingerprint density at radius 2 is 1.86 bits per heavy atom. The average Bonchev–Trinajstić information content (AvgIpc) is 3.00. The summed E-state index contributed by atoms with van der Waals surface area (Å²) in [5.74, 6) is 1.94. The Morgan fingerprint density at radius 3 is 2.45 bits per heavy atom. The summed E-state index contributed by atoms with van der Waals surface area (Å²) in [6, 6.07) is 5.58. The molecule has 22 heavy (non-hydrogen) atoms. The van der Waals surface area contributed by atoms with Crippen molar-refractivity contribution in [2.75, 3.05) is 18.8 Å². The van der Waals surface area contributed by atoms with Crippen LogP contribution in [0, 0.1) is 11.8 Å². The molecule has 1 atom stereocenters. The first-order valence-electron chi connectivity index (χ1n) is 7.71. The second kappa shape index (κ2) is 5.07. The van der Waals surface area contributed by atoms with E-state index in [-0.39, 0.29) is 24.3 Å². The molecule has 0 amide bonds. The van der Waals surface area contributed by atoms with Crippen LogP contribution in [0.1, 0.15) is 27.7 Å². The van der Waals surface area contributed by atoms with Gasteiger partial charge in [0.2, 0.25) is 6.79 Å². The van der Waals surface area contributed by atoms with Crippen LogP contribution in [0.5, 0.6) is 11.5 Å². The summed E-state index contributed by atoms with van der Waals surface area (Å²) in [7, 11) is 1.45. The zero-order chi connectivity index (χ0) is 16.1. The number of fused-ring (bicyclic) bond motifs is 1. The highest BCUT2D eigenvalue weighted by molar-refractivity contribution is 5.91. The lowest BCUT2D eigenvalue weighted by Gasteiger charge is -2.26. The first kappa shape index (κ1) is 15.0. The van der Waals surface area contributed by atoms with Crippen LogP contribution < -0.4 is 14.4 Å². The molecule has 5 heteroatoms. The molecule has 3 rings (SSSR count). The number of carbonyl (C=O) groups excluding carboxylic acids is 1. The summed E-state index contributed by atoms with van der Waals surface area (Å²) < 4.78 is 15.9. The van der Waals surface area contributed by atoms with Crippen LogP contribution in [0.25, 0.3) is 0 Å². The van der Waals surface area contributed by atoms with Crippen molar-refractivity contribution in [1.82, 2.24) is 0 Å². The number of anilines is 1. The Labute approximate surface area is 131 Å². The largest absolute Gasteiger partial charge is 0.467 e. The molecule has 0 spiro atoms. The van der Waals surface area contributed by atoms with Crippen LogP contribution in [0.3, 0.4) is 0 Å². The molecule has 0 bridgehead atoms. The normalized spacial score (nSPS) is 21.4. The minimum absolute atomic E-state index is 0.180. The van der Waals surface area contributed by atoms with E-state index in [1.54, 1.807) is 0 Å². The molecule has 1 aromatic rings. The number of hydrogen-bond acceptors (Lipinski definition) is 5. The molecule has 1 unspecified atom stereocenters. The molecule has 0 radical (unpaired) electrons. The van der Waals surface area contributed by atoms with Crippen molar-refractivity contribution in [2.24, 2.45) is 11.8 Å². The molecule has 0 aromatic heterocycles. The Morgan fingerprint density at radius 1 is 1.23 bits per heavy atom. The Hall–Kier alpha value is -1.91. The average molecular weight is 305 g/mol. The summed E-state index contributed by atoms with van der Waals surface area (Å²) in [5.41, 5.74) is 0.753. The third kappa shape index (κ3) is 1.87. The molecule has 1 aromatic carbocycles. The Kier molecular flexibility index (Phi) is 3.46. The van der Waals surface area contributed by atoms with Crippen molar-refractivity contribution in [3.05, 3.63) is 18.2 Å². The maximum atomic E-state index is 12.3. The van der Waals surface area contributed by atoms with Crippen LogP contribution in [-0.2, 0) is 9.53 Å². The summed E-state index contributed by atoms with van der Waals surface area (Å²) >= 11 is 0. The predicted octanol–water partition coefficient (Wildman–Crippen LogP) is 2.83. The van der Waals surface area contributed by atoms with Crippen LogP contribution >= 0.6 is 0 Å². The van der Waals surface area contributed by atoms with Gasteiger partial charge >= 0.3 is 5.97 Å². The minimum Gasteiger partial charge on any atom is -0.467 e. The molecule has 1 fully saturated rings. The van der Waals surface area contributed by atoms with Gasteiger partial charge in [0.05, 0.1) is 12.6 Å². The zero-order valence-corrected chi connectivity index (χ0v) is 13.8. The number of methoxy groups -OCH3 is 1. The molecule has 0 saturated carbocycles. The summed E-state index contributed by atoms with van der Waals surface area (Å²) in [4.78, 5) is 14.5. The number of esters is 1. The number of ether oxygens (including phenoxy) is 3. The van der Waals surface area contributed by atoms with Gasteiger partial charge in [0.25, 0.3) is 0 Å². The van der Waals surface area contributed by atoms with Crippen molar-refractivity contribution in [1.29, 1.82) is 0 Å². The number of rotatable bonds is 4. The van der Waals surface area contributed by atoms with E-state index in [4.69, 9.17) is 14.2 Å². The highest BCUT2D eigenvalue weighted by Gasteiger charge is 2.70. The summed E-state index contributed by atoms with van der Waals surface area (Å²) in [6.07, 6.45) is 0. The molecule has 2 aliphatic heterocycles. The molecular weight excluding hydrogens is 282 g/mol. The maximum absolute atomic E-state index is 12.3. The van der Waals surface area contributed by atoms with Crippen molar-refractivity contribution in [3.63, 3.8) is 0 Å². The van der Waals surface area contributed by atoms with Crippen LogP contribution in [-0.4, -0.2) is 31.5 Å². The molecular formula is C17H23NO4. The van der Waals surface area contributed by atoms with Gasteiger partial charge in [-0.3, -0.25) is 0 Å². The number of benzene rings is 1. The second-order valence-electron chi connectivity index (χ2n) is 6.53. The second-order valence-corrected chi connectivity index (χ2v) is 6.53. The molecule has 0 N–H and O–H groups in total. The van der Waals surface area contributed by atoms with E-state index in [0.29, 0.717) is 11.8 Å². The molecule has 5 nitrogen and oxygen atoms in total. The SMILES string of the molecule is COC(=O)C1N(c2ccc3c(c2)OCO3)C1(C(C)C)C(C)C. The lowest BCUT2D eigenvalue weighted by Crippen LogP contribution is -2.34. The van der Waals surface area contributed by atoms with Gasteiger partial charge in [-0.25, -0.2) is 4.79 Å². The smallest absolute Gasteiger partial charge is 0.331 e. The lowest BCUT2D eigenvalue weighted by atomic mass is 9.81. The highest BCUT2D eigenvalue weighted by Crippen LogP contribution is 2.56. The molecule has 120 valence electrons. The first-order valence-corrected chi connectivity index (χ1v) is 7.71. The summed E-state index contributed by atoms with van der Waals surface area (Å²) in [5, 5.41) is 0. The molecule has 2 heterocycles. The molecule has 1 saturated heterocycles.